The van der Waals surface area contributed by atoms with Crippen LogP contribution in [0.5, 0.6) is 11.5 Å². The van der Waals surface area contributed by atoms with E-state index in [2.05, 4.69) is 0 Å². The van der Waals surface area contributed by atoms with Gasteiger partial charge in [-0.1, -0.05) is 30.3 Å². The molecule has 0 aromatic heterocycles. The Labute approximate surface area is 130 Å². The highest BCUT2D eigenvalue weighted by Gasteiger charge is 2.16. The lowest BCUT2D eigenvalue weighted by molar-refractivity contribution is -0.144. The number of phenolic OH excluding ortho intramolecular Hbond substituents is 1. The molecule has 0 saturated heterocycles. The van der Waals surface area contributed by atoms with Crippen molar-refractivity contribution in [1.82, 2.24) is 0 Å². The predicted octanol–water partition coefficient (Wildman–Crippen LogP) is 3.64. The summed E-state index contributed by atoms with van der Waals surface area (Å²) in [5, 5.41) is 9.72. The molecule has 1 atom stereocenters. The van der Waals surface area contributed by atoms with E-state index in [0.29, 0.717) is 17.9 Å². The summed E-state index contributed by atoms with van der Waals surface area (Å²) in [6.45, 7) is 4.23. The van der Waals surface area contributed by atoms with Gasteiger partial charge in [-0.15, -0.1) is 0 Å². The van der Waals surface area contributed by atoms with E-state index in [-0.39, 0.29) is 24.2 Å². The second-order valence-electron chi connectivity index (χ2n) is 4.96. The molecule has 2 rings (SSSR count). The average molecular weight is 300 g/mol. The van der Waals surface area contributed by atoms with Gasteiger partial charge in [0.2, 0.25) is 0 Å². The monoisotopic (exact) mass is 300 g/mol. The molecule has 0 bridgehead atoms. The van der Waals surface area contributed by atoms with Crippen LogP contribution in [0.15, 0.2) is 48.5 Å². The minimum Gasteiger partial charge on any atom is -0.508 e. The van der Waals surface area contributed by atoms with Crippen LogP contribution in [0.25, 0.3) is 0 Å². The van der Waals surface area contributed by atoms with Crippen molar-refractivity contribution >= 4 is 5.97 Å². The van der Waals surface area contributed by atoms with Gasteiger partial charge in [0.1, 0.15) is 18.1 Å². The summed E-state index contributed by atoms with van der Waals surface area (Å²) in [5.41, 5.74) is 1.56. The number of carbonyl (C=O) groups is 1. The third-order valence-corrected chi connectivity index (χ3v) is 3.38. The minimum atomic E-state index is -0.339. The molecule has 4 heteroatoms. The number of ether oxygens (including phenoxy) is 2. The van der Waals surface area contributed by atoms with Gasteiger partial charge >= 0.3 is 5.97 Å². The SMILES string of the molecule is CCOC(=O)C(C)c1cccc(OCc2ccccc2O)c1. The fraction of sp³-hybridized carbons (Fsp3) is 0.278. The molecule has 1 unspecified atom stereocenters. The van der Waals surface area contributed by atoms with Crippen LogP contribution < -0.4 is 4.74 Å². The molecule has 0 amide bonds. The van der Waals surface area contributed by atoms with Gasteiger partial charge in [-0.25, -0.2) is 0 Å². The Morgan fingerprint density at radius 3 is 2.68 bits per heavy atom. The molecular formula is C18H20O4. The van der Waals surface area contributed by atoms with E-state index in [1.165, 1.54) is 0 Å². The maximum Gasteiger partial charge on any atom is 0.313 e. The standard InChI is InChI=1S/C18H20O4/c1-3-21-18(20)13(2)14-8-6-9-16(11-14)22-12-15-7-4-5-10-17(15)19/h4-11,13,19H,3,12H2,1-2H3. The van der Waals surface area contributed by atoms with Crippen molar-refractivity contribution in [2.75, 3.05) is 6.61 Å². The summed E-state index contributed by atoms with van der Waals surface area (Å²) in [4.78, 5) is 11.8. The van der Waals surface area contributed by atoms with Crippen molar-refractivity contribution in [2.45, 2.75) is 26.4 Å². The lowest BCUT2D eigenvalue weighted by Crippen LogP contribution is -2.13. The van der Waals surface area contributed by atoms with Gasteiger partial charge in [0, 0.05) is 5.56 Å². The first-order valence-electron chi connectivity index (χ1n) is 7.28. The van der Waals surface area contributed by atoms with Crippen LogP contribution in [0.2, 0.25) is 0 Å². The molecule has 0 heterocycles. The van der Waals surface area contributed by atoms with Gasteiger partial charge in [-0.3, -0.25) is 4.79 Å². The lowest BCUT2D eigenvalue weighted by Gasteiger charge is -2.13. The van der Waals surface area contributed by atoms with Crippen LogP contribution in [0.1, 0.15) is 30.9 Å². The highest BCUT2D eigenvalue weighted by Crippen LogP contribution is 2.24. The van der Waals surface area contributed by atoms with Crippen molar-refractivity contribution in [3.63, 3.8) is 0 Å². The molecule has 0 aliphatic heterocycles. The number of esters is 1. The maximum atomic E-state index is 11.8. The first kappa shape index (κ1) is 15.9. The Balaban J connectivity index is 2.05. The Bertz CT molecular complexity index is 636. The first-order valence-corrected chi connectivity index (χ1v) is 7.28. The zero-order chi connectivity index (χ0) is 15.9. The largest absolute Gasteiger partial charge is 0.508 e. The van der Waals surface area contributed by atoms with Crippen molar-refractivity contribution in [3.05, 3.63) is 59.7 Å². The molecule has 0 spiro atoms. The van der Waals surface area contributed by atoms with Crippen molar-refractivity contribution in [1.29, 1.82) is 0 Å². The summed E-state index contributed by atoms with van der Waals surface area (Å²) in [6.07, 6.45) is 0. The summed E-state index contributed by atoms with van der Waals surface area (Å²) >= 11 is 0. The molecule has 0 aliphatic carbocycles. The van der Waals surface area contributed by atoms with Crippen LogP contribution in [-0.4, -0.2) is 17.7 Å². The maximum absolute atomic E-state index is 11.8. The number of rotatable bonds is 6. The fourth-order valence-electron chi connectivity index (χ4n) is 2.07. The van der Waals surface area contributed by atoms with Crippen LogP contribution in [0.3, 0.4) is 0 Å². The van der Waals surface area contributed by atoms with Gasteiger partial charge in [0.05, 0.1) is 12.5 Å². The second-order valence-corrected chi connectivity index (χ2v) is 4.96. The molecular weight excluding hydrogens is 280 g/mol. The third kappa shape index (κ3) is 4.01. The van der Waals surface area contributed by atoms with E-state index in [1.54, 1.807) is 32.0 Å². The van der Waals surface area contributed by atoms with Gasteiger partial charge in [0.15, 0.2) is 0 Å². The molecule has 4 nitrogen and oxygen atoms in total. The molecule has 0 saturated carbocycles. The summed E-state index contributed by atoms with van der Waals surface area (Å²) in [7, 11) is 0. The van der Waals surface area contributed by atoms with Crippen LogP contribution in [0, 0.1) is 0 Å². The normalized spacial score (nSPS) is 11.7. The molecule has 2 aromatic rings. The molecule has 0 fully saturated rings. The summed E-state index contributed by atoms with van der Waals surface area (Å²) < 4.78 is 10.7. The highest BCUT2D eigenvalue weighted by atomic mass is 16.5. The zero-order valence-electron chi connectivity index (χ0n) is 12.8. The van der Waals surface area contributed by atoms with E-state index in [0.717, 1.165) is 5.56 Å². The van der Waals surface area contributed by atoms with Crippen molar-refractivity contribution in [3.8, 4) is 11.5 Å². The Morgan fingerprint density at radius 2 is 1.95 bits per heavy atom. The smallest absolute Gasteiger partial charge is 0.313 e. The number of carbonyl (C=O) groups excluding carboxylic acids is 1. The van der Waals surface area contributed by atoms with E-state index in [4.69, 9.17) is 9.47 Å². The predicted molar refractivity (Wildman–Crippen MR) is 83.9 cm³/mol. The summed E-state index contributed by atoms with van der Waals surface area (Å²) in [5.74, 6) is 0.268. The van der Waals surface area contributed by atoms with Gasteiger partial charge in [-0.05, 0) is 37.6 Å². The Morgan fingerprint density at radius 1 is 1.18 bits per heavy atom. The van der Waals surface area contributed by atoms with Crippen LogP contribution in [0.4, 0.5) is 0 Å². The minimum absolute atomic E-state index is 0.207. The number of phenols is 1. The number of para-hydroxylation sites is 1. The molecule has 22 heavy (non-hydrogen) atoms. The van der Waals surface area contributed by atoms with Gasteiger partial charge < -0.3 is 14.6 Å². The van der Waals surface area contributed by atoms with Crippen LogP contribution >= 0.6 is 0 Å². The van der Waals surface area contributed by atoms with Gasteiger partial charge in [0.25, 0.3) is 0 Å². The molecule has 1 N–H and O–H groups in total. The molecule has 0 radical (unpaired) electrons. The first-order chi connectivity index (χ1) is 10.6. The molecule has 2 aromatic carbocycles. The van der Waals surface area contributed by atoms with E-state index in [1.807, 2.05) is 30.3 Å². The highest BCUT2D eigenvalue weighted by molar-refractivity contribution is 5.77. The quantitative estimate of drug-likeness (QED) is 0.828. The summed E-state index contributed by atoms with van der Waals surface area (Å²) in [6, 6.07) is 14.4. The van der Waals surface area contributed by atoms with Gasteiger partial charge in [-0.2, -0.15) is 0 Å². The van der Waals surface area contributed by atoms with Crippen molar-refractivity contribution < 1.29 is 19.4 Å². The Hall–Kier alpha value is -2.49. The number of hydrogen-bond acceptors (Lipinski definition) is 4. The second kappa shape index (κ2) is 7.50. The lowest BCUT2D eigenvalue weighted by atomic mass is 10.0. The number of benzene rings is 2. The van der Waals surface area contributed by atoms with Crippen LogP contribution in [-0.2, 0) is 16.1 Å². The topological polar surface area (TPSA) is 55.8 Å². The molecule has 0 aliphatic rings. The number of aromatic hydroxyl groups is 1. The third-order valence-electron chi connectivity index (χ3n) is 3.38. The molecule has 116 valence electrons. The van der Waals surface area contributed by atoms with E-state index in [9.17, 15) is 9.90 Å². The average Bonchev–Trinajstić information content (AvgIpc) is 2.54. The van der Waals surface area contributed by atoms with Crippen molar-refractivity contribution in [2.24, 2.45) is 0 Å². The number of hydrogen-bond donors (Lipinski definition) is 1. The van der Waals surface area contributed by atoms with E-state index < -0.39 is 0 Å². The zero-order valence-corrected chi connectivity index (χ0v) is 12.8. The van der Waals surface area contributed by atoms with E-state index >= 15 is 0 Å². The fourth-order valence-corrected chi connectivity index (χ4v) is 2.07. The Kier molecular flexibility index (Phi) is 5.42.